The van der Waals surface area contributed by atoms with Gasteiger partial charge >= 0.3 is 0 Å². The Hall–Kier alpha value is -2.18. The molecule has 0 radical (unpaired) electrons. The molecule has 18 heavy (non-hydrogen) atoms. The van der Waals surface area contributed by atoms with Crippen LogP contribution in [0.25, 0.3) is 0 Å². The van der Waals surface area contributed by atoms with E-state index in [1.807, 2.05) is 0 Å². The SMILES string of the molecule is Cc1nc(C)c(C(=O)NC2CCC(=O)NC2=O)o1. The van der Waals surface area contributed by atoms with Crippen molar-refractivity contribution in [1.29, 1.82) is 0 Å². The Balaban J connectivity index is 2.06. The number of amides is 3. The van der Waals surface area contributed by atoms with E-state index in [1.165, 1.54) is 0 Å². The Morgan fingerprint density at radius 3 is 2.72 bits per heavy atom. The molecule has 7 heteroatoms. The number of oxazole rings is 1. The molecule has 2 rings (SSSR count). The summed E-state index contributed by atoms with van der Waals surface area (Å²) >= 11 is 0. The van der Waals surface area contributed by atoms with Gasteiger partial charge in [0.15, 0.2) is 5.89 Å². The molecule has 1 fully saturated rings. The first-order valence-electron chi connectivity index (χ1n) is 5.56. The number of carbonyl (C=O) groups is 3. The maximum Gasteiger partial charge on any atom is 0.289 e. The zero-order valence-electron chi connectivity index (χ0n) is 10.1. The van der Waals surface area contributed by atoms with Crippen molar-refractivity contribution in [2.75, 3.05) is 0 Å². The normalized spacial score (nSPS) is 19.6. The van der Waals surface area contributed by atoms with E-state index in [-0.39, 0.29) is 18.1 Å². The van der Waals surface area contributed by atoms with Crippen LogP contribution in [0.15, 0.2) is 4.42 Å². The number of hydrogen-bond donors (Lipinski definition) is 2. The van der Waals surface area contributed by atoms with Crippen LogP contribution in [0.3, 0.4) is 0 Å². The van der Waals surface area contributed by atoms with Gasteiger partial charge in [-0.05, 0) is 13.3 Å². The minimum absolute atomic E-state index is 0.0946. The van der Waals surface area contributed by atoms with Crippen molar-refractivity contribution in [3.05, 3.63) is 17.3 Å². The van der Waals surface area contributed by atoms with Crippen molar-refractivity contribution in [2.45, 2.75) is 32.7 Å². The van der Waals surface area contributed by atoms with Gasteiger partial charge in [-0.3, -0.25) is 19.7 Å². The topological polar surface area (TPSA) is 101 Å². The molecule has 2 heterocycles. The molecule has 0 aliphatic carbocycles. The lowest BCUT2D eigenvalue weighted by atomic mass is 10.1. The minimum Gasteiger partial charge on any atom is -0.436 e. The van der Waals surface area contributed by atoms with Gasteiger partial charge in [0.2, 0.25) is 17.6 Å². The van der Waals surface area contributed by atoms with Gasteiger partial charge in [0, 0.05) is 13.3 Å². The fraction of sp³-hybridized carbons (Fsp3) is 0.455. The van der Waals surface area contributed by atoms with Crippen molar-refractivity contribution in [3.8, 4) is 0 Å². The van der Waals surface area contributed by atoms with Gasteiger partial charge in [0.1, 0.15) is 6.04 Å². The van der Waals surface area contributed by atoms with Crippen molar-refractivity contribution < 1.29 is 18.8 Å². The maximum atomic E-state index is 11.9. The highest BCUT2D eigenvalue weighted by molar-refractivity contribution is 6.03. The van der Waals surface area contributed by atoms with Crippen molar-refractivity contribution >= 4 is 17.7 Å². The predicted octanol–water partition coefficient (Wildman–Crippen LogP) is -0.174. The Kier molecular flexibility index (Phi) is 3.14. The van der Waals surface area contributed by atoms with Gasteiger partial charge in [-0.1, -0.05) is 0 Å². The first-order chi connectivity index (χ1) is 8.47. The molecule has 1 unspecified atom stereocenters. The van der Waals surface area contributed by atoms with Crippen LogP contribution in [0.4, 0.5) is 0 Å². The number of nitrogens with zero attached hydrogens (tertiary/aromatic N) is 1. The number of piperidine rings is 1. The van der Waals surface area contributed by atoms with Crippen LogP contribution in [0.5, 0.6) is 0 Å². The molecule has 7 nitrogen and oxygen atoms in total. The van der Waals surface area contributed by atoms with E-state index in [0.29, 0.717) is 18.0 Å². The van der Waals surface area contributed by atoms with Crippen molar-refractivity contribution in [1.82, 2.24) is 15.6 Å². The molecule has 2 N–H and O–H groups in total. The summed E-state index contributed by atoms with van der Waals surface area (Å²) < 4.78 is 5.15. The minimum atomic E-state index is -0.708. The van der Waals surface area contributed by atoms with Gasteiger partial charge in [-0.2, -0.15) is 0 Å². The number of rotatable bonds is 2. The molecule has 0 aromatic carbocycles. The van der Waals surface area contributed by atoms with Crippen LogP contribution < -0.4 is 10.6 Å². The second-order valence-corrected chi connectivity index (χ2v) is 4.12. The lowest BCUT2D eigenvalue weighted by Crippen LogP contribution is -2.52. The van der Waals surface area contributed by atoms with Crippen LogP contribution in [-0.2, 0) is 9.59 Å². The molecule has 0 spiro atoms. The first kappa shape index (κ1) is 12.3. The van der Waals surface area contributed by atoms with E-state index in [2.05, 4.69) is 15.6 Å². The third-order valence-electron chi connectivity index (χ3n) is 2.65. The number of nitrogens with one attached hydrogen (secondary N) is 2. The fourth-order valence-electron chi connectivity index (χ4n) is 1.80. The summed E-state index contributed by atoms with van der Waals surface area (Å²) in [7, 11) is 0. The van der Waals surface area contributed by atoms with E-state index >= 15 is 0 Å². The van der Waals surface area contributed by atoms with Gasteiger partial charge in [-0.25, -0.2) is 4.98 Å². The molecule has 1 aromatic rings. The largest absolute Gasteiger partial charge is 0.436 e. The van der Waals surface area contributed by atoms with E-state index in [4.69, 9.17) is 4.42 Å². The fourth-order valence-corrected chi connectivity index (χ4v) is 1.80. The number of aryl methyl sites for hydroxylation is 2. The van der Waals surface area contributed by atoms with Crippen LogP contribution in [0, 0.1) is 13.8 Å². The lowest BCUT2D eigenvalue weighted by Gasteiger charge is -2.21. The molecule has 96 valence electrons. The number of aromatic nitrogens is 1. The average Bonchev–Trinajstić information content (AvgIpc) is 2.62. The summed E-state index contributed by atoms with van der Waals surface area (Å²) in [6.07, 6.45) is 0.508. The Labute approximate surface area is 103 Å². The molecule has 1 aromatic heterocycles. The van der Waals surface area contributed by atoms with Gasteiger partial charge in [0.25, 0.3) is 5.91 Å². The smallest absolute Gasteiger partial charge is 0.289 e. The molecule has 3 amide bonds. The van der Waals surface area contributed by atoms with Crippen molar-refractivity contribution in [2.24, 2.45) is 0 Å². The Bertz CT molecular complexity index is 520. The molecular formula is C11H13N3O4. The second-order valence-electron chi connectivity index (χ2n) is 4.12. The molecule has 1 saturated heterocycles. The molecule has 0 bridgehead atoms. The number of imide groups is 1. The van der Waals surface area contributed by atoms with E-state index in [0.717, 1.165) is 0 Å². The number of hydrogen-bond acceptors (Lipinski definition) is 5. The highest BCUT2D eigenvalue weighted by atomic mass is 16.4. The summed E-state index contributed by atoms with van der Waals surface area (Å²) in [6, 6.07) is -0.708. The van der Waals surface area contributed by atoms with E-state index in [1.54, 1.807) is 13.8 Å². The average molecular weight is 251 g/mol. The molecule has 1 atom stereocenters. The molecule has 0 saturated carbocycles. The summed E-state index contributed by atoms with van der Waals surface area (Å²) in [4.78, 5) is 38.3. The Morgan fingerprint density at radius 1 is 1.44 bits per heavy atom. The quantitative estimate of drug-likeness (QED) is 0.710. The predicted molar refractivity (Wildman–Crippen MR) is 59.6 cm³/mol. The highest BCUT2D eigenvalue weighted by Crippen LogP contribution is 2.11. The lowest BCUT2D eigenvalue weighted by molar-refractivity contribution is -0.134. The summed E-state index contributed by atoms with van der Waals surface area (Å²) in [5.41, 5.74) is 0.470. The van der Waals surface area contributed by atoms with Crippen LogP contribution in [-0.4, -0.2) is 28.7 Å². The highest BCUT2D eigenvalue weighted by Gasteiger charge is 2.29. The van der Waals surface area contributed by atoms with Crippen molar-refractivity contribution in [3.63, 3.8) is 0 Å². The zero-order chi connectivity index (χ0) is 13.3. The maximum absolute atomic E-state index is 11.9. The summed E-state index contributed by atoms with van der Waals surface area (Å²) in [5, 5.41) is 4.69. The number of carbonyl (C=O) groups excluding carboxylic acids is 3. The summed E-state index contributed by atoms with van der Waals surface area (Å²) in [6.45, 7) is 3.28. The second kappa shape index (κ2) is 4.59. The summed E-state index contributed by atoms with van der Waals surface area (Å²) in [5.74, 6) is -0.827. The van der Waals surface area contributed by atoms with Gasteiger partial charge in [0.05, 0.1) is 5.69 Å². The molecular weight excluding hydrogens is 238 g/mol. The molecule has 1 aliphatic rings. The van der Waals surface area contributed by atoms with Gasteiger partial charge in [-0.15, -0.1) is 0 Å². The Morgan fingerprint density at radius 2 is 2.17 bits per heavy atom. The van der Waals surface area contributed by atoms with E-state index < -0.39 is 17.9 Å². The zero-order valence-corrected chi connectivity index (χ0v) is 10.1. The first-order valence-corrected chi connectivity index (χ1v) is 5.56. The van der Waals surface area contributed by atoms with E-state index in [9.17, 15) is 14.4 Å². The monoisotopic (exact) mass is 251 g/mol. The van der Waals surface area contributed by atoms with Crippen LogP contribution in [0.1, 0.15) is 35.0 Å². The van der Waals surface area contributed by atoms with Gasteiger partial charge < -0.3 is 9.73 Å². The van der Waals surface area contributed by atoms with Crippen LogP contribution >= 0.6 is 0 Å². The third kappa shape index (κ3) is 2.39. The third-order valence-corrected chi connectivity index (χ3v) is 2.65. The van der Waals surface area contributed by atoms with Crippen LogP contribution in [0.2, 0.25) is 0 Å². The molecule has 1 aliphatic heterocycles. The standard InChI is InChI=1S/C11H13N3O4/c1-5-9(18-6(2)12-5)11(17)13-7-3-4-8(15)14-10(7)16/h7H,3-4H2,1-2H3,(H,13,17)(H,14,15,16).